The molecule has 0 saturated heterocycles. The van der Waals surface area contributed by atoms with Crippen molar-refractivity contribution in [2.75, 3.05) is 0 Å². The van der Waals surface area contributed by atoms with Crippen molar-refractivity contribution in [1.29, 1.82) is 0 Å². The average molecular weight is 133 g/mol. The Kier molecular flexibility index (Phi) is 4.47. The van der Waals surface area contributed by atoms with E-state index in [0.29, 0.717) is 0 Å². The highest BCUT2D eigenvalue weighted by atomic mass is 35.5. The molecule has 2 heteroatoms. The molecule has 0 rings (SSSR count). The van der Waals surface area contributed by atoms with E-state index in [4.69, 9.17) is 16.7 Å². The summed E-state index contributed by atoms with van der Waals surface area (Å²) in [7, 11) is 0. The highest BCUT2D eigenvalue weighted by Gasteiger charge is 1.87. The number of aliphatic hydroxyl groups excluding tert-OH is 1. The summed E-state index contributed by atoms with van der Waals surface area (Å²) in [6.07, 6.45) is 6.03. The minimum absolute atomic E-state index is 0.176. The number of halogens is 1. The lowest BCUT2D eigenvalue weighted by Gasteiger charge is -1.88. The van der Waals surface area contributed by atoms with Crippen LogP contribution in [-0.4, -0.2) is 10.5 Å². The SMILES string of the molecule is C/C=C\C(Cl)/C=C/O. The quantitative estimate of drug-likeness (QED) is 0.347. The van der Waals surface area contributed by atoms with Gasteiger partial charge in [-0.1, -0.05) is 12.2 Å². The topological polar surface area (TPSA) is 20.2 Å². The zero-order chi connectivity index (χ0) is 6.41. The maximum absolute atomic E-state index is 8.16. The minimum atomic E-state index is -0.176. The molecule has 0 aliphatic rings. The third kappa shape index (κ3) is 3.75. The van der Waals surface area contributed by atoms with Crippen molar-refractivity contribution in [2.45, 2.75) is 12.3 Å². The highest BCUT2D eigenvalue weighted by Crippen LogP contribution is 1.97. The first-order chi connectivity index (χ1) is 3.81. The van der Waals surface area contributed by atoms with Gasteiger partial charge in [0.2, 0.25) is 0 Å². The van der Waals surface area contributed by atoms with Gasteiger partial charge in [0, 0.05) is 0 Å². The zero-order valence-electron chi connectivity index (χ0n) is 4.71. The summed E-state index contributed by atoms with van der Waals surface area (Å²) < 4.78 is 0. The molecule has 0 aliphatic heterocycles. The van der Waals surface area contributed by atoms with Gasteiger partial charge in [-0.2, -0.15) is 0 Å². The van der Waals surface area contributed by atoms with Crippen LogP contribution in [-0.2, 0) is 0 Å². The molecule has 0 aromatic heterocycles. The molecule has 1 atom stereocenters. The predicted molar refractivity (Wildman–Crippen MR) is 36.2 cm³/mol. The Balaban J connectivity index is 3.47. The van der Waals surface area contributed by atoms with E-state index < -0.39 is 0 Å². The lowest BCUT2D eigenvalue weighted by atomic mass is 10.4. The van der Waals surface area contributed by atoms with Crippen LogP contribution in [0.15, 0.2) is 24.5 Å². The van der Waals surface area contributed by atoms with Gasteiger partial charge in [0.05, 0.1) is 11.6 Å². The molecule has 0 radical (unpaired) electrons. The Labute approximate surface area is 54.3 Å². The lowest BCUT2D eigenvalue weighted by molar-refractivity contribution is 0.472. The fraction of sp³-hybridized carbons (Fsp3) is 0.333. The maximum Gasteiger partial charge on any atom is 0.0769 e. The molecule has 0 aromatic rings. The van der Waals surface area contributed by atoms with E-state index in [1.165, 1.54) is 6.08 Å². The van der Waals surface area contributed by atoms with E-state index in [1.54, 1.807) is 6.08 Å². The molecule has 0 aromatic carbocycles. The fourth-order valence-corrected chi connectivity index (χ4v) is 0.541. The van der Waals surface area contributed by atoms with E-state index in [9.17, 15) is 0 Å². The molecule has 1 N–H and O–H groups in total. The minimum Gasteiger partial charge on any atom is -0.516 e. The summed E-state index contributed by atoms with van der Waals surface area (Å²) in [4.78, 5) is 0. The average Bonchev–Trinajstić information content (AvgIpc) is 1.68. The first-order valence-corrected chi connectivity index (χ1v) is 2.82. The molecule has 0 heterocycles. The molecule has 0 aliphatic carbocycles. The van der Waals surface area contributed by atoms with Crippen LogP contribution in [0.4, 0.5) is 0 Å². The number of hydrogen-bond donors (Lipinski definition) is 1. The fourth-order valence-electron chi connectivity index (χ4n) is 0.330. The van der Waals surface area contributed by atoms with E-state index in [0.717, 1.165) is 6.26 Å². The Bertz CT molecular complexity index is 84.7. The number of alkyl halides is 1. The van der Waals surface area contributed by atoms with Gasteiger partial charge >= 0.3 is 0 Å². The Morgan fingerprint density at radius 2 is 2.12 bits per heavy atom. The molecule has 0 spiro atoms. The first-order valence-electron chi connectivity index (χ1n) is 2.39. The summed E-state index contributed by atoms with van der Waals surface area (Å²) in [6, 6.07) is 0. The van der Waals surface area contributed by atoms with Crippen LogP contribution < -0.4 is 0 Å². The molecular formula is C6H9ClO. The number of rotatable bonds is 2. The Hall–Kier alpha value is -0.430. The second-order valence-corrected chi connectivity index (χ2v) is 1.82. The van der Waals surface area contributed by atoms with Crippen molar-refractivity contribution in [3.8, 4) is 0 Å². The molecule has 8 heavy (non-hydrogen) atoms. The summed E-state index contributed by atoms with van der Waals surface area (Å²) in [5.74, 6) is 0. The predicted octanol–water partition coefficient (Wildman–Crippen LogP) is 2.24. The van der Waals surface area contributed by atoms with Crippen molar-refractivity contribution < 1.29 is 5.11 Å². The van der Waals surface area contributed by atoms with Crippen LogP contribution in [0.25, 0.3) is 0 Å². The van der Waals surface area contributed by atoms with E-state index in [1.807, 2.05) is 13.0 Å². The molecule has 0 fully saturated rings. The Morgan fingerprint density at radius 3 is 2.50 bits per heavy atom. The summed E-state index contributed by atoms with van der Waals surface area (Å²) in [5, 5.41) is 7.99. The van der Waals surface area contributed by atoms with Gasteiger partial charge in [-0.15, -0.1) is 11.6 Å². The van der Waals surface area contributed by atoms with Crippen molar-refractivity contribution in [3.63, 3.8) is 0 Å². The zero-order valence-corrected chi connectivity index (χ0v) is 5.47. The molecule has 0 saturated carbocycles. The molecule has 1 unspecified atom stereocenters. The highest BCUT2D eigenvalue weighted by molar-refractivity contribution is 6.22. The first kappa shape index (κ1) is 7.57. The van der Waals surface area contributed by atoms with Gasteiger partial charge in [-0.05, 0) is 13.0 Å². The van der Waals surface area contributed by atoms with Crippen LogP contribution in [0.2, 0.25) is 0 Å². The second kappa shape index (κ2) is 4.72. The summed E-state index contributed by atoms with van der Waals surface area (Å²) in [5.41, 5.74) is 0. The van der Waals surface area contributed by atoms with Crippen molar-refractivity contribution in [3.05, 3.63) is 24.5 Å². The van der Waals surface area contributed by atoms with Gasteiger partial charge < -0.3 is 5.11 Å². The molecule has 1 nitrogen and oxygen atoms in total. The van der Waals surface area contributed by atoms with Gasteiger partial charge in [-0.3, -0.25) is 0 Å². The molecule has 0 amide bonds. The third-order valence-corrected chi connectivity index (χ3v) is 0.937. The van der Waals surface area contributed by atoms with Gasteiger partial charge in [0.1, 0.15) is 0 Å². The summed E-state index contributed by atoms with van der Waals surface area (Å²) >= 11 is 5.55. The lowest BCUT2D eigenvalue weighted by Crippen LogP contribution is -1.83. The largest absolute Gasteiger partial charge is 0.516 e. The Morgan fingerprint density at radius 1 is 1.50 bits per heavy atom. The van der Waals surface area contributed by atoms with Crippen LogP contribution in [0, 0.1) is 0 Å². The second-order valence-electron chi connectivity index (χ2n) is 1.31. The third-order valence-electron chi connectivity index (χ3n) is 0.646. The van der Waals surface area contributed by atoms with E-state index in [-0.39, 0.29) is 5.38 Å². The molecular weight excluding hydrogens is 124 g/mol. The summed E-state index contributed by atoms with van der Waals surface area (Å²) in [6.45, 7) is 1.88. The monoisotopic (exact) mass is 132 g/mol. The van der Waals surface area contributed by atoms with E-state index >= 15 is 0 Å². The normalized spacial score (nSPS) is 15.8. The number of aliphatic hydroxyl groups is 1. The van der Waals surface area contributed by atoms with Crippen molar-refractivity contribution >= 4 is 11.6 Å². The van der Waals surface area contributed by atoms with Crippen LogP contribution >= 0.6 is 11.6 Å². The molecule has 0 bridgehead atoms. The molecule has 46 valence electrons. The van der Waals surface area contributed by atoms with Crippen molar-refractivity contribution in [1.82, 2.24) is 0 Å². The smallest absolute Gasteiger partial charge is 0.0769 e. The standard InChI is InChI=1S/C6H9ClO/c1-2-3-6(7)4-5-8/h2-6,8H,1H3/b3-2-,5-4+. The van der Waals surface area contributed by atoms with Gasteiger partial charge in [0.15, 0.2) is 0 Å². The van der Waals surface area contributed by atoms with Crippen LogP contribution in [0.1, 0.15) is 6.92 Å². The van der Waals surface area contributed by atoms with E-state index in [2.05, 4.69) is 0 Å². The number of allylic oxidation sites excluding steroid dienone is 3. The van der Waals surface area contributed by atoms with Gasteiger partial charge in [0.25, 0.3) is 0 Å². The van der Waals surface area contributed by atoms with Gasteiger partial charge in [-0.25, -0.2) is 0 Å². The van der Waals surface area contributed by atoms with Crippen LogP contribution in [0.3, 0.4) is 0 Å². The van der Waals surface area contributed by atoms with Crippen molar-refractivity contribution in [2.24, 2.45) is 0 Å². The van der Waals surface area contributed by atoms with Crippen LogP contribution in [0.5, 0.6) is 0 Å². The maximum atomic E-state index is 8.16. The number of hydrogen-bond acceptors (Lipinski definition) is 1.